The van der Waals surface area contributed by atoms with Gasteiger partial charge in [-0.15, -0.1) is 0 Å². The standard InChI is InChI=1S/C11H10N2O2/c1-13-8(7-14)6-12-11(13)9-4-2-3-5-10(9)15/h2-7,15H,1H3. The lowest BCUT2D eigenvalue weighted by Gasteiger charge is -2.04. The highest BCUT2D eigenvalue weighted by molar-refractivity contribution is 5.75. The Hall–Kier alpha value is -2.10. The van der Waals surface area contributed by atoms with Crippen molar-refractivity contribution < 1.29 is 9.90 Å². The van der Waals surface area contributed by atoms with Crippen molar-refractivity contribution in [3.05, 3.63) is 36.2 Å². The van der Waals surface area contributed by atoms with Gasteiger partial charge in [-0.3, -0.25) is 4.79 Å². The molecule has 0 spiro atoms. The van der Waals surface area contributed by atoms with Crippen molar-refractivity contribution in [2.24, 2.45) is 7.05 Å². The van der Waals surface area contributed by atoms with Crippen molar-refractivity contribution in [2.45, 2.75) is 0 Å². The summed E-state index contributed by atoms with van der Waals surface area (Å²) in [5.74, 6) is 0.735. The Balaban J connectivity index is 2.59. The summed E-state index contributed by atoms with van der Waals surface area (Å²) in [6, 6.07) is 6.89. The van der Waals surface area contributed by atoms with E-state index in [1.54, 1.807) is 29.8 Å². The molecule has 1 N–H and O–H groups in total. The van der Waals surface area contributed by atoms with E-state index in [9.17, 15) is 9.90 Å². The quantitative estimate of drug-likeness (QED) is 0.752. The molecule has 1 aromatic heterocycles. The Bertz CT molecular complexity index is 503. The van der Waals surface area contributed by atoms with Gasteiger partial charge in [0.05, 0.1) is 11.8 Å². The molecule has 4 nitrogen and oxygen atoms in total. The van der Waals surface area contributed by atoms with Crippen molar-refractivity contribution in [3.63, 3.8) is 0 Å². The van der Waals surface area contributed by atoms with Gasteiger partial charge in [0.2, 0.25) is 0 Å². The summed E-state index contributed by atoms with van der Waals surface area (Å²) < 4.78 is 1.64. The van der Waals surface area contributed by atoms with Gasteiger partial charge in [0.15, 0.2) is 6.29 Å². The van der Waals surface area contributed by atoms with E-state index in [1.165, 1.54) is 6.20 Å². The lowest BCUT2D eigenvalue weighted by Crippen LogP contribution is -1.97. The Kier molecular flexibility index (Phi) is 2.25. The number of phenols is 1. The molecule has 4 heteroatoms. The third-order valence-electron chi connectivity index (χ3n) is 2.29. The van der Waals surface area contributed by atoms with E-state index in [4.69, 9.17) is 0 Å². The van der Waals surface area contributed by atoms with Gasteiger partial charge < -0.3 is 9.67 Å². The minimum Gasteiger partial charge on any atom is -0.507 e. The van der Waals surface area contributed by atoms with Crippen LogP contribution in [0.5, 0.6) is 5.75 Å². The van der Waals surface area contributed by atoms with Crippen molar-refractivity contribution in [3.8, 4) is 17.1 Å². The van der Waals surface area contributed by atoms with Crippen LogP contribution in [0.4, 0.5) is 0 Å². The molecule has 1 heterocycles. The number of nitrogens with zero attached hydrogens (tertiary/aromatic N) is 2. The number of benzene rings is 1. The highest BCUT2D eigenvalue weighted by atomic mass is 16.3. The van der Waals surface area contributed by atoms with Crippen LogP contribution in [0, 0.1) is 0 Å². The molecule has 0 saturated carbocycles. The highest BCUT2D eigenvalue weighted by Crippen LogP contribution is 2.27. The molecule has 15 heavy (non-hydrogen) atoms. The summed E-state index contributed by atoms with van der Waals surface area (Å²) in [6.07, 6.45) is 2.21. The molecule has 2 rings (SSSR count). The van der Waals surface area contributed by atoms with Crippen molar-refractivity contribution in [1.29, 1.82) is 0 Å². The van der Waals surface area contributed by atoms with E-state index in [0.717, 1.165) is 6.29 Å². The maximum Gasteiger partial charge on any atom is 0.168 e. The van der Waals surface area contributed by atoms with Crippen LogP contribution in [-0.4, -0.2) is 20.9 Å². The van der Waals surface area contributed by atoms with Crippen LogP contribution in [0.15, 0.2) is 30.5 Å². The molecule has 0 bridgehead atoms. The van der Waals surface area contributed by atoms with E-state index >= 15 is 0 Å². The minimum atomic E-state index is 0.156. The van der Waals surface area contributed by atoms with Gasteiger partial charge in [0.25, 0.3) is 0 Å². The van der Waals surface area contributed by atoms with Crippen LogP contribution < -0.4 is 0 Å². The van der Waals surface area contributed by atoms with Crippen LogP contribution in [0.25, 0.3) is 11.4 Å². The average molecular weight is 202 g/mol. The van der Waals surface area contributed by atoms with E-state index in [-0.39, 0.29) is 5.75 Å². The predicted molar refractivity (Wildman–Crippen MR) is 55.7 cm³/mol. The largest absolute Gasteiger partial charge is 0.507 e. The first-order chi connectivity index (χ1) is 7.24. The minimum absolute atomic E-state index is 0.156. The lowest BCUT2D eigenvalue weighted by molar-refractivity contribution is 0.111. The fourth-order valence-electron chi connectivity index (χ4n) is 1.45. The second-order valence-corrected chi connectivity index (χ2v) is 3.20. The molecule has 0 radical (unpaired) electrons. The normalized spacial score (nSPS) is 10.2. The second-order valence-electron chi connectivity index (χ2n) is 3.20. The van der Waals surface area contributed by atoms with Crippen LogP contribution >= 0.6 is 0 Å². The number of aldehydes is 1. The Morgan fingerprint density at radius 1 is 1.40 bits per heavy atom. The number of hydrogen-bond donors (Lipinski definition) is 1. The zero-order chi connectivity index (χ0) is 10.8. The van der Waals surface area contributed by atoms with Gasteiger partial charge in [0, 0.05) is 7.05 Å². The molecule has 0 fully saturated rings. The van der Waals surface area contributed by atoms with Crippen LogP contribution in [-0.2, 0) is 7.05 Å². The predicted octanol–water partition coefficient (Wildman–Crippen LogP) is 1.61. The number of aromatic hydroxyl groups is 1. The first-order valence-corrected chi connectivity index (χ1v) is 4.49. The van der Waals surface area contributed by atoms with Crippen molar-refractivity contribution in [2.75, 3.05) is 0 Å². The number of hydrogen-bond acceptors (Lipinski definition) is 3. The van der Waals surface area contributed by atoms with Gasteiger partial charge in [-0.25, -0.2) is 4.98 Å². The lowest BCUT2D eigenvalue weighted by atomic mass is 10.2. The molecule has 0 saturated heterocycles. The number of carbonyl (C=O) groups excluding carboxylic acids is 1. The van der Waals surface area contributed by atoms with Crippen LogP contribution in [0.3, 0.4) is 0 Å². The Labute approximate surface area is 86.8 Å². The van der Waals surface area contributed by atoms with E-state index in [0.29, 0.717) is 17.1 Å². The van der Waals surface area contributed by atoms with Gasteiger partial charge >= 0.3 is 0 Å². The number of rotatable bonds is 2. The van der Waals surface area contributed by atoms with Crippen molar-refractivity contribution in [1.82, 2.24) is 9.55 Å². The SMILES string of the molecule is Cn1c(C=O)cnc1-c1ccccc1O. The fraction of sp³-hybridized carbons (Fsp3) is 0.0909. The Morgan fingerprint density at radius 3 is 2.73 bits per heavy atom. The highest BCUT2D eigenvalue weighted by Gasteiger charge is 2.10. The summed E-state index contributed by atoms with van der Waals surface area (Å²) >= 11 is 0. The number of para-hydroxylation sites is 1. The van der Waals surface area contributed by atoms with E-state index in [2.05, 4.69) is 4.98 Å². The number of imidazole rings is 1. The van der Waals surface area contributed by atoms with Gasteiger partial charge in [0.1, 0.15) is 17.3 Å². The van der Waals surface area contributed by atoms with Crippen LogP contribution in [0.1, 0.15) is 10.5 Å². The number of aromatic nitrogens is 2. The summed E-state index contributed by atoms with van der Waals surface area (Å²) in [7, 11) is 1.73. The van der Waals surface area contributed by atoms with Gasteiger partial charge in [-0.2, -0.15) is 0 Å². The molecule has 1 aromatic carbocycles. The summed E-state index contributed by atoms with van der Waals surface area (Å²) in [6.45, 7) is 0. The zero-order valence-electron chi connectivity index (χ0n) is 8.21. The molecular weight excluding hydrogens is 192 g/mol. The Morgan fingerprint density at radius 2 is 2.13 bits per heavy atom. The maximum absolute atomic E-state index is 10.6. The van der Waals surface area contributed by atoms with Gasteiger partial charge in [-0.1, -0.05) is 12.1 Å². The first kappa shape index (κ1) is 9.45. The van der Waals surface area contributed by atoms with Crippen LogP contribution in [0.2, 0.25) is 0 Å². The third kappa shape index (κ3) is 1.50. The topological polar surface area (TPSA) is 55.1 Å². The van der Waals surface area contributed by atoms with Crippen molar-refractivity contribution >= 4 is 6.29 Å². The monoisotopic (exact) mass is 202 g/mol. The second kappa shape index (κ2) is 3.57. The zero-order valence-corrected chi connectivity index (χ0v) is 8.21. The summed E-state index contributed by atoms with van der Waals surface area (Å²) in [5.41, 5.74) is 1.10. The molecule has 0 aliphatic heterocycles. The van der Waals surface area contributed by atoms with Gasteiger partial charge in [-0.05, 0) is 12.1 Å². The number of carbonyl (C=O) groups is 1. The summed E-state index contributed by atoms with van der Waals surface area (Å²) in [4.78, 5) is 14.7. The smallest absolute Gasteiger partial charge is 0.168 e. The maximum atomic E-state index is 10.6. The number of phenolic OH excluding ortho intramolecular Hbond substituents is 1. The third-order valence-corrected chi connectivity index (χ3v) is 2.29. The molecule has 2 aromatic rings. The van der Waals surface area contributed by atoms with E-state index < -0.39 is 0 Å². The summed E-state index contributed by atoms with van der Waals surface area (Å²) in [5, 5.41) is 9.63. The molecule has 0 atom stereocenters. The average Bonchev–Trinajstić information content (AvgIpc) is 2.60. The molecule has 0 aliphatic rings. The fourth-order valence-corrected chi connectivity index (χ4v) is 1.45. The molecule has 76 valence electrons. The molecule has 0 aliphatic carbocycles. The first-order valence-electron chi connectivity index (χ1n) is 4.49. The molecule has 0 amide bonds. The van der Waals surface area contributed by atoms with E-state index in [1.807, 2.05) is 6.07 Å². The molecule has 0 unspecified atom stereocenters. The molecular formula is C11H10N2O2.